The summed E-state index contributed by atoms with van der Waals surface area (Å²) in [4.78, 5) is 11.7. The molecule has 16 heavy (non-hydrogen) atoms. The van der Waals surface area contributed by atoms with E-state index in [0.717, 1.165) is 16.3 Å². The topological polar surface area (TPSA) is 22.0 Å². The molecule has 88 valence electrons. The number of halogens is 2. The third kappa shape index (κ3) is 2.59. The Morgan fingerprint density at radius 2 is 2.00 bits per heavy atom. The summed E-state index contributed by atoms with van der Waals surface area (Å²) in [5.74, 6) is 0. The Kier molecular flexibility index (Phi) is 3.90. The summed E-state index contributed by atoms with van der Waals surface area (Å²) in [7, 11) is 0. The molecular formula is C12H15Br2NO. The van der Waals surface area contributed by atoms with Gasteiger partial charge in [0.2, 0.25) is 0 Å². The second-order valence-electron chi connectivity index (χ2n) is 4.65. The van der Waals surface area contributed by atoms with Crippen LogP contribution in [0, 0.1) is 5.41 Å². The third-order valence-electron chi connectivity index (χ3n) is 3.40. The Morgan fingerprint density at radius 3 is 2.62 bits per heavy atom. The highest BCUT2D eigenvalue weighted by Gasteiger charge is 2.33. The first kappa shape index (κ1) is 12.4. The fourth-order valence-electron chi connectivity index (χ4n) is 2.45. The molecule has 1 fully saturated rings. The van der Waals surface area contributed by atoms with Crippen LogP contribution in [0.25, 0.3) is 0 Å². The van der Waals surface area contributed by atoms with E-state index in [1.807, 2.05) is 10.8 Å². The number of pyridine rings is 1. The molecule has 0 saturated heterocycles. The molecule has 2 nitrogen and oxygen atoms in total. The fraction of sp³-hybridized carbons (Fsp3) is 0.583. The minimum atomic E-state index is 0.0930. The molecule has 1 aliphatic rings. The van der Waals surface area contributed by atoms with Crippen molar-refractivity contribution in [3.63, 3.8) is 0 Å². The van der Waals surface area contributed by atoms with E-state index in [0.29, 0.717) is 0 Å². The average Bonchev–Trinajstić information content (AvgIpc) is 2.73. The average molecular weight is 349 g/mol. The highest BCUT2D eigenvalue weighted by molar-refractivity contribution is 9.10. The van der Waals surface area contributed by atoms with E-state index in [-0.39, 0.29) is 11.0 Å². The maximum atomic E-state index is 11.7. The molecule has 1 aliphatic carbocycles. The Morgan fingerprint density at radius 1 is 1.31 bits per heavy atom. The van der Waals surface area contributed by atoms with E-state index in [1.54, 1.807) is 12.1 Å². The van der Waals surface area contributed by atoms with Crippen molar-refractivity contribution < 1.29 is 0 Å². The van der Waals surface area contributed by atoms with E-state index in [4.69, 9.17) is 0 Å². The van der Waals surface area contributed by atoms with Gasteiger partial charge in [-0.25, -0.2) is 0 Å². The molecule has 0 N–H and O–H groups in total. The summed E-state index contributed by atoms with van der Waals surface area (Å²) in [6.45, 7) is 0.830. The van der Waals surface area contributed by atoms with Gasteiger partial charge in [0.1, 0.15) is 0 Å². The van der Waals surface area contributed by atoms with Crippen LogP contribution >= 0.6 is 31.9 Å². The summed E-state index contributed by atoms with van der Waals surface area (Å²) < 4.78 is 2.80. The van der Waals surface area contributed by atoms with E-state index >= 15 is 0 Å². The lowest BCUT2D eigenvalue weighted by Gasteiger charge is -2.27. The summed E-state index contributed by atoms with van der Waals surface area (Å²) in [6, 6.07) is 3.43. The Hall–Kier alpha value is -0.0900. The molecule has 0 aromatic carbocycles. The molecule has 1 saturated carbocycles. The highest BCUT2D eigenvalue weighted by atomic mass is 79.9. The van der Waals surface area contributed by atoms with Crippen molar-refractivity contribution in [3.05, 3.63) is 33.2 Å². The van der Waals surface area contributed by atoms with Crippen LogP contribution in [0.1, 0.15) is 25.7 Å². The maximum Gasteiger partial charge on any atom is 0.250 e. The smallest absolute Gasteiger partial charge is 0.250 e. The van der Waals surface area contributed by atoms with Crippen molar-refractivity contribution >= 4 is 31.9 Å². The summed E-state index contributed by atoms with van der Waals surface area (Å²) in [5, 5.41) is 0.985. The maximum absolute atomic E-state index is 11.7. The van der Waals surface area contributed by atoms with E-state index < -0.39 is 0 Å². The predicted octanol–water partition coefficient (Wildman–Crippen LogP) is 3.57. The zero-order valence-corrected chi connectivity index (χ0v) is 12.3. The molecule has 1 heterocycles. The molecule has 0 unspecified atom stereocenters. The van der Waals surface area contributed by atoms with Crippen molar-refractivity contribution in [2.24, 2.45) is 5.41 Å². The minimum Gasteiger partial charge on any atom is -0.314 e. The second-order valence-corrected chi connectivity index (χ2v) is 6.13. The lowest BCUT2D eigenvalue weighted by Crippen LogP contribution is -2.31. The van der Waals surface area contributed by atoms with Gasteiger partial charge in [0, 0.05) is 28.6 Å². The first-order valence-electron chi connectivity index (χ1n) is 5.57. The van der Waals surface area contributed by atoms with Crippen LogP contribution in [0.3, 0.4) is 0 Å². The van der Waals surface area contributed by atoms with Crippen LogP contribution in [-0.4, -0.2) is 9.90 Å². The van der Waals surface area contributed by atoms with E-state index in [2.05, 4.69) is 31.9 Å². The Balaban J connectivity index is 2.25. The highest BCUT2D eigenvalue weighted by Crippen LogP contribution is 2.40. The lowest BCUT2D eigenvalue weighted by atomic mass is 9.88. The Labute approximate surface area is 112 Å². The Bertz CT molecular complexity index is 421. The number of aromatic nitrogens is 1. The predicted molar refractivity (Wildman–Crippen MR) is 73.1 cm³/mol. The molecular weight excluding hydrogens is 334 g/mol. The van der Waals surface area contributed by atoms with Crippen molar-refractivity contribution in [2.75, 3.05) is 5.33 Å². The molecule has 4 heteroatoms. The van der Waals surface area contributed by atoms with Gasteiger partial charge in [-0.3, -0.25) is 4.79 Å². The molecule has 2 rings (SSSR count). The largest absolute Gasteiger partial charge is 0.314 e. The van der Waals surface area contributed by atoms with E-state index in [9.17, 15) is 4.79 Å². The van der Waals surface area contributed by atoms with Gasteiger partial charge in [-0.15, -0.1) is 0 Å². The van der Waals surface area contributed by atoms with Crippen molar-refractivity contribution in [1.82, 2.24) is 4.57 Å². The van der Waals surface area contributed by atoms with Crippen molar-refractivity contribution in [2.45, 2.75) is 32.2 Å². The van der Waals surface area contributed by atoms with Gasteiger partial charge < -0.3 is 4.57 Å². The van der Waals surface area contributed by atoms with Gasteiger partial charge in [0.15, 0.2) is 0 Å². The first-order valence-corrected chi connectivity index (χ1v) is 7.49. The van der Waals surface area contributed by atoms with Crippen LogP contribution in [0.5, 0.6) is 0 Å². The van der Waals surface area contributed by atoms with Crippen molar-refractivity contribution in [1.29, 1.82) is 0 Å². The van der Waals surface area contributed by atoms with Crippen LogP contribution in [0.15, 0.2) is 27.6 Å². The van der Waals surface area contributed by atoms with E-state index in [1.165, 1.54) is 25.7 Å². The number of nitrogens with zero attached hydrogens (tertiary/aromatic N) is 1. The normalized spacial score (nSPS) is 18.9. The van der Waals surface area contributed by atoms with Crippen LogP contribution in [-0.2, 0) is 6.54 Å². The van der Waals surface area contributed by atoms with Crippen LogP contribution in [0.4, 0.5) is 0 Å². The van der Waals surface area contributed by atoms with Gasteiger partial charge in [0.25, 0.3) is 5.56 Å². The minimum absolute atomic E-state index is 0.0930. The van der Waals surface area contributed by atoms with Crippen LogP contribution in [0.2, 0.25) is 0 Å². The van der Waals surface area contributed by atoms with Gasteiger partial charge >= 0.3 is 0 Å². The molecule has 0 bridgehead atoms. The zero-order chi connectivity index (χ0) is 11.6. The zero-order valence-electron chi connectivity index (χ0n) is 9.09. The number of hydrogen-bond donors (Lipinski definition) is 0. The summed E-state index contributed by atoms with van der Waals surface area (Å²) >= 11 is 7.02. The van der Waals surface area contributed by atoms with Crippen LogP contribution < -0.4 is 5.56 Å². The van der Waals surface area contributed by atoms with Crippen molar-refractivity contribution in [3.8, 4) is 0 Å². The molecule has 0 atom stereocenters. The van der Waals surface area contributed by atoms with Gasteiger partial charge in [0.05, 0.1) is 0 Å². The monoisotopic (exact) mass is 347 g/mol. The second kappa shape index (κ2) is 5.05. The first-order chi connectivity index (χ1) is 7.65. The molecule has 1 aromatic heterocycles. The van der Waals surface area contributed by atoms with Gasteiger partial charge in [-0.05, 0) is 40.3 Å². The summed E-state index contributed by atoms with van der Waals surface area (Å²) in [6.07, 6.45) is 6.90. The SMILES string of the molecule is O=c1ccc(Br)cn1CC1(CBr)CCCC1. The van der Waals surface area contributed by atoms with Gasteiger partial charge in [-0.2, -0.15) is 0 Å². The molecule has 0 radical (unpaired) electrons. The molecule has 0 aliphatic heterocycles. The van der Waals surface area contributed by atoms with Gasteiger partial charge in [-0.1, -0.05) is 28.8 Å². The standard InChI is InChI=1S/C12H15Br2NO/c13-8-12(5-1-2-6-12)9-15-7-10(14)3-4-11(15)16/h3-4,7H,1-2,5-6,8-9H2. The molecule has 0 spiro atoms. The molecule has 1 aromatic rings. The lowest BCUT2D eigenvalue weighted by molar-refractivity contribution is 0.287. The summed E-state index contributed by atoms with van der Waals surface area (Å²) in [5.41, 5.74) is 0.375. The quantitative estimate of drug-likeness (QED) is 0.765. The number of alkyl halides is 1. The molecule has 0 amide bonds. The third-order valence-corrected chi connectivity index (χ3v) is 5.06. The number of hydrogen-bond acceptors (Lipinski definition) is 1. The number of rotatable bonds is 3. The fourth-order valence-corrected chi connectivity index (χ4v) is 3.56.